The van der Waals surface area contributed by atoms with Crippen LogP contribution < -0.4 is 0 Å². The van der Waals surface area contributed by atoms with Crippen LogP contribution in [-0.4, -0.2) is 49.9 Å². The molecule has 0 saturated heterocycles. The summed E-state index contributed by atoms with van der Waals surface area (Å²) < 4.78 is 0. The molecule has 0 aliphatic heterocycles. The van der Waals surface area contributed by atoms with Crippen LogP contribution in [0.15, 0.2) is 0 Å². The molecule has 1 atom stereocenters. The van der Waals surface area contributed by atoms with Gasteiger partial charge in [-0.2, -0.15) is 5.26 Å². The van der Waals surface area contributed by atoms with E-state index in [-0.39, 0.29) is 5.91 Å². The van der Waals surface area contributed by atoms with Gasteiger partial charge in [0, 0.05) is 20.1 Å². The Kier molecular flexibility index (Phi) is 5.09. The molecule has 0 spiro atoms. The van der Waals surface area contributed by atoms with Gasteiger partial charge >= 0.3 is 0 Å². The molecule has 0 fully saturated rings. The SMILES string of the molecule is CC(C#N)C(=O)N(C)CCN(C)C. The van der Waals surface area contributed by atoms with Crippen LogP contribution in [0.3, 0.4) is 0 Å². The van der Waals surface area contributed by atoms with E-state index in [9.17, 15) is 4.79 Å². The lowest BCUT2D eigenvalue weighted by atomic mass is 10.2. The molecule has 13 heavy (non-hydrogen) atoms. The number of nitrogens with zero attached hydrogens (tertiary/aromatic N) is 3. The van der Waals surface area contributed by atoms with E-state index in [0.29, 0.717) is 6.54 Å². The average Bonchev–Trinajstić information content (AvgIpc) is 2.11. The summed E-state index contributed by atoms with van der Waals surface area (Å²) in [5.74, 6) is -0.642. The topological polar surface area (TPSA) is 47.3 Å². The van der Waals surface area contributed by atoms with E-state index < -0.39 is 5.92 Å². The molecule has 1 amide bonds. The number of likely N-dealkylation sites (N-methyl/N-ethyl adjacent to an activating group) is 2. The highest BCUT2D eigenvalue weighted by Gasteiger charge is 2.15. The van der Waals surface area contributed by atoms with Crippen molar-refractivity contribution < 1.29 is 4.79 Å². The van der Waals surface area contributed by atoms with Crippen molar-refractivity contribution >= 4 is 5.91 Å². The Balaban J connectivity index is 3.91. The Morgan fingerprint density at radius 2 is 1.92 bits per heavy atom. The molecule has 0 aliphatic carbocycles. The molecule has 4 nitrogen and oxygen atoms in total. The minimum atomic E-state index is -0.535. The first-order valence-corrected chi connectivity index (χ1v) is 4.28. The van der Waals surface area contributed by atoms with Gasteiger partial charge in [-0.3, -0.25) is 4.79 Å². The standard InChI is InChI=1S/C9H17N3O/c1-8(7-10)9(13)12(4)6-5-11(2)3/h8H,5-6H2,1-4H3. The zero-order valence-corrected chi connectivity index (χ0v) is 8.74. The molecule has 0 aromatic carbocycles. The van der Waals surface area contributed by atoms with Crippen molar-refractivity contribution in [1.82, 2.24) is 9.80 Å². The van der Waals surface area contributed by atoms with E-state index in [2.05, 4.69) is 0 Å². The predicted molar refractivity (Wildman–Crippen MR) is 51.0 cm³/mol. The summed E-state index contributed by atoms with van der Waals surface area (Å²) in [6.45, 7) is 3.10. The summed E-state index contributed by atoms with van der Waals surface area (Å²) in [5, 5.41) is 8.52. The largest absolute Gasteiger partial charge is 0.343 e. The van der Waals surface area contributed by atoms with Crippen LogP contribution >= 0.6 is 0 Å². The van der Waals surface area contributed by atoms with Crippen LogP contribution in [0.1, 0.15) is 6.92 Å². The van der Waals surface area contributed by atoms with Crippen LogP contribution in [0.4, 0.5) is 0 Å². The Morgan fingerprint density at radius 1 is 1.38 bits per heavy atom. The van der Waals surface area contributed by atoms with E-state index in [1.165, 1.54) is 0 Å². The van der Waals surface area contributed by atoms with Crippen LogP contribution in [0, 0.1) is 17.2 Å². The van der Waals surface area contributed by atoms with Crippen LogP contribution in [-0.2, 0) is 4.79 Å². The van der Waals surface area contributed by atoms with Crippen molar-refractivity contribution in [3.8, 4) is 6.07 Å². The van der Waals surface area contributed by atoms with Gasteiger partial charge in [-0.1, -0.05) is 0 Å². The minimum absolute atomic E-state index is 0.107. The molecule has 4 heteroatoms. The van der Waals surface area contributed by atoms with Crippen LogP contribution in [0.25, 0.3) is 0 Å². The molecule has 0 aromatic rings. The number of hydrogen-bond donors (Lipinski definition) is 0. The first-order valence-electron chi connectivity index (χ1n) is 4.28. The van der Waals surface area contributed by atoms with E-state index >= 15 is 0 Å². The summed E-state index contributed by atoms with van der Waals surface area (Å²) in [7, 11) is 5.62. The fraction of sp³-hybridized carbons (Fsp3) is 0.778. The van der Waals surface area contributed by atoms with Gasteiger partial charge in [0.05, 0.1) is 6.07 Å². The number of rotatable bonds is 4. The van der Waals surface area contributed by atoms with Crippen LogP contribution in [0.5, 0.6) is 0 Å². The monoisotopic (exact) mass is 183 g/mol. The maximum atomic E-state index is 11.4. The normalized spacial score (nSPS) is 12.3. The number of carbonyl (C=O) groups excluding carboxylic acids is 1. The Morgan fingerprint density at radius 3 is 2.31 bits per heavy atom. The third kappa shape index (κ3) is 4.48. The van der Waals surface area contributed by atoms with Crippen molar-refractivity contribution in [2.45, 2.75) is 6.92 Å². The molecule has 0 bridgehead atoms. The second-order valence-electron chi connectivity index (χ2n) is 3.41. The van der Waals surface area contributed by atoms with E-state index in [0.717, 1.165) is 6.54 Å². The first-order chi connectivity index (χ1) is 5.99. The molecule has 0 aromatic heterocycles. The van der Waals surface area contributed by atoms with Crippen molar-refractivity contribution in [2.75, 3.05) is 34.2 Å². The highest BCUT2D eigenvalue weighted by atomic mass is 16.2. The van der Waals surface area contributed by atoms with Crippen molar-refractivity contribution in [1.29, 1.82) is 5.26 Å². The highest BCUT2D eigenvalue weighted by molar-refractivity contribution is 5.80. The van der Waals surface area contributed by atoms with E-state index in [1.54, 1.807) is 18.9 Å². The maximum absolute atomic E-state index is 11.4. The number of amides is 1. The molecule has 0 rings (SSSR count). The third-order valence-corrected chi connectivity index (χ3v) is 1.82. The van der Waals surface area contributed by atoms with Gasteiger partial charge < -0.3 is 9.80 Å². The first kappa shape index (κ1) is 11.9. The smallest absolute Gasteiger partial charge is 0.239 e. The van der Waals surface area contributed by atoms with Crippen LogP contribution in [0.2, 0.25) is 0 Å². The minimum Gasteiger partial charge on any atom is -0.343 e. The van der Waals surface area contributed by atoms with Gasteiger partial charge in [0.15, 0.2) is 0 Å². The Hall–Kier alpha value is -1.08. The third-order valence-electron chi connectivity index (χ3n) is 1.82. The number of carbonyl (C=O) groups is 1. The van der Waals surface area contributed by atoms with E-state index in [4.69, 9.17) is 5.26 Å². The molecule has 74 valence electrons. The molecular formula is C9H17N3O. The van der Waals surface area contributed by atoms with Gasteiger partial charge in [0.1, 0.15) is 5.92 Å². The summed E-state index contributed by atoms with van der Waals surface area (Å²) >= 11 is 0. The molecule has 0 heterocycles. The van der Waals surface area contributed by atoms with Crippen molar-refractivity contribution in [3.05, 3.63) is 0 Å². The summed E-state index contributed by atoms with van der Waals surface area (Å²) in [6, 6.07) is 1.93. The number of hydrogen-bond acceptors (Lipinski definition) is 3. The summed E-state index contributed by atoms with van der Waals surface area (Å²) in [4.78, 5) is 15.0. The van der Waals surface area contributed by atoms with E-state index in [1.807, 2.05) is 25.1 Å². The fourth-order valence-electron chi connectivity index (χ4n) is 0.846. The quantitative estimate of drug-likeness (QED) is 0.624. The lowest BCUT2D eigenvalue weighted by molar-refractivity contribution is -0.132. The molecule has 1 unspecified atom stereocenters. The molecule has 0 radical (unpaired) electrons. The summed E-state index contributed by atoms with van der Waals surface area (Å²) in [5.41, 5.74) is 0. The summed E-state index contributed by atoms with van der Waals surface area (Å²) in [6.07, 6.45) is 0. The maximum Gasteiger partial charge on any atom is 0.239 e. The Labute approximate surface area is 79.7 Å². The van der Waals surface area contributed by atoms with Gasteiger partial charge in [0.25, 0.3) is 0 Å². The highest BCUT2D eigenvalue weighted by Crippen LogP contribution is 1.98. The molecule has 0 N–H and O–H groups in total. The predicted octanol–water partition coefficient (Wildman–Crippen LogP) is 0.166. The van der Waals surface area contributed by atoms with Gasteiger partial charge in [0.2, 0.25) is 5.91 Å². The fourth-order valence-corrected chi connectivity index (χ4v) is 0.846. The molecular weight excluding hydrogens is 166 g/mol. The number of nitriles is 1. The average molecular weight is 183 g/mol. The van der Waals surface area contributed by atoms with Gasteiger partial charge in [-0.15, -0.1) is 0 Å². The Bertz CT molecular complexity index is 207. The molecule has 0 saturated carbocycles. The lowest BCUT2D eigenvalue weighted by Crippen LogP contribution is -2.36. The van der Waals surface area contributed by atoms with Gasteiger partial charge in [-0.05, 0) is 21.0 Å². The second-order valence-corrected chi connectivity index (χ2v) is 3.41. The van der Waals surface area contributed by atoms with Crippen molar-refractivity contribution in [2.24, 2.45) is 5.92 Å². The zero-order chi connectivity index (χ0) is 10.4. The second kappa shape index (κ2) is 5.55. The van der Waals surface area contributed by atoms with Crippen molar-refractivity contribution in [3.63, 3.8) is 0 Å². The van der Waals surface area contributed by atoms with Gasteiger partial charge in [-0.25, -0.2) is 0 Å². The molecule has 0 aliphatic rings. The zero-order valence-electron chi connectivity index (χ0n) is 8.74. The lowest BCUT2D eigenvalue weighted by Gasteiger charge is -2.20.